The van der Waals surface area contributed by atoms with Gasteiger partial charge in [-0.05, 0) is 43.9 Å². The van der Waals surface area contributed by atoms with Crippen molar-refractivity contribution >= 4 is 46.2 Å². The molecule has 0 aromatic carbocycles. The molecule has 0 radical (unpaired) electrons. The van der Waals surface area contributed by atoms with Crippen LogP contribution in [0.25, 0.3) is 11.0 Å². The van der Waals surface area contributed by atoms with Gasteiger partial charge in [0.15, 0.2) is 0 Å². The maximum atomic E-state index is 12.6. The number of rotatable bonds is 4. The fraction of sp³-hybridized carbons (Fsp3) is 0.556. The number of hydrogen-bond acceptors (Lipinski definition) is 8. The summed E-state index contributed by atoms with van der Waals surface area (Å²) in [6.45, 7) is 5.32. The molecular weight excluding hydrogens is 484 g/mol. The lowest BCUT2D eigenvalue weighted by Crippen LogP contribution is -2.50. The zero-order chi connectivity index (χ0) is 24.8. The molecule has 3 aliphatic heterocycles. The second-order valence-electron chi connectivity index (χ2n) is 10.8. The average molecular weight is 519 g/mol. The summed E-state index contributed by atoms with van der Waals surface area (Å²) in [6.07, 6.45) is 10.7. The topological polar surface area (TPSA) is 91.2 Å². The van der Waals surface area contributed by atoms with Crippen LogP contribution in [0.15, 0.2) is 30.6 Å². The number of pyridine rings is 1. The van der Waals surface area contributed by atoms with E-state index in [4.69, 9.17) is 4.98 Å². The van der Waals surface area contributed by atoms with E-state index in [1.807, 2.05) is 24.5 Å². The van der Waals surface area contributed by atoms with E-state index in [-0.39, 0.29) is 11.4 Å². The third kappa shape index (κ3) is 4.24. The van der Waals surface area contributed by atoms with Crippen LogP contribution in [0, 0.1) is 0 Å². The number of thioether (sulfide) groups is 1. The summed E-state index contributed by atoms with van der Waals surface area (Å²) in [5, 5.41) is 7.29. The van der Waals surface area contributed by atoms with Gasteiger partial charge < -0.3 is 20.1 Å². The molecule has 3 aromatic rings. The monoisotopic (exact) mass is 518 g/mol. The second-order valence-corrected chi connectivity index (χ2v) is 12.1. The lowest BCUT2D eigenvalue weighted by Gasteiger charge is -2.40. The number of carbonyl (C=O) groups excluding carboxylic acids is 1. The SMILES string of the molecule is O=C1NCC2(CCCC2)n2c1cc1cnc(Nc3ccc(N4CCC(N5CCSCC5)CC4)cn3)nc12. The minimum atomic E-state index is -0.0725. The van der Waals surface area contributed by atoms with Crippen molar-refractivity contribution in [1.29, 1.82) is 0 Å². The molecule has 0 atom stereocenters. The first-order valence-electron chi connectivity index (χ1n) is 13.7. The molecule has 1 spiro atoms. The fourth-order valence-electron chi connectivity index (χ4n) is 6.74. The Morgan fingerprint density at radius 2 is 1.84 bits per heavy atom. The number of piperidine rings is 1. The fourth-order valence-corrected chi connectivity index (χ4v) is 7.67. The number of anilines is 3. The van der Waals surface area contributed by atoms with E-state index >= 15 is 0 Å². The van der Waals surface area contributed by atoms with Crippen LogP contribution >= 0.6 is 11.8 Å². The molecule has 3 fully saturated rings. The molecule has 1 aliphatic carbocycles. The van der Waals surface area contributed by atoms with Gasteiger partial charge in [0.05, 0.1) is 17.4 Å². The predicted octanol–water partition coefficient (Wildman–Crippen LogP) is 3.60. The van der Waals surface area contributed by atoms with Crippen LogP contribution in [0.1, 0.15) is 49.0 Å². The van der Waals surface area contributed by atoms with Crippen molar-refractivity contribution < 1.29 is 4.79 Å². The predicted molar refractivity (Wildman–Crippen MR) is 148 cm³/mol. The Balaban J connectivity index is 1.06. The number of fused-ring (bicyclic) bond motifs is 4. The molecule has 7 rings (SSSR count). The molecule has 3 aromatic heterocycles. The van der Waals surface area contributed by atoms with Gasteiger partial charge in [0.1, 0.15) is 17.2 Å². The zero-order valence-electron chi connectivity index (χ0n) is 21.2. The molecule has 0 bridgehead atoms. The van der Waals surface area contributed by atoms with E-state index in [1.54, 1.807) is 0 Å². The van der Waals surface area contributed by atoms with Gasteiger partial charge in [-0.15, -0.1) is 0 Å². The number of hydrogen-bond donors (Lipinski definition) is 2. The molecule has 1 amide bonds. The van der Waals surface area contributed by atoms with Crippen molar-refractivity contribution in [1.82, 2.24) is 29.7 Å². The highest BCUT2D eigenvalue weighted by Crippen LogP contribution is 2.41. The average Bonchev–Trinajstić information content (AvgIpc) is 3.58. The van der Waals surface area contributed by atoms with E-state index < -0.39 is 0 Å². The largest absolute Gasteiger partial charge is 0.370 e. The Hall–Kier alpha value is -2.85. The van der Waals surface area contributed by atoms with Crippen molar-refractivity contribution in [2.45, 2.75) is 50.1 Å². The maximum Gasteiger partial charge on any atom is 0.268 e. The van der Waals surface area contributed by atoms with Gasteiger partial charge in [0.2, 0.25) is 5.95 Å². The van der Waals surface area contributed by atoms with Gasteiger partial charge in [-0.25, -0.2) is 9.97 Å². The first-order valence-corrected chi connectivity index (χ1v) is 14.8. The highest BCUT2D eigenvalue weighted by atomic mass is 32.2. The Labute approximate surface area is 221 Å². The molecule has 10 heteroatoms. The van der Waals surface area contributed by atoms with Crippen molar-refractivity contribution in [3.63, 3.8) is 0 Å². The number of nitrogens with zero attached hydrogens (tertiary/aromatic N) is 6. The summed E-state index contributed by atoms with van der Waals surface area (Å²) in [5.74, 6) is 3.76. The number of carbonyl (C=O) groups is 1. The smallest absolute Gasteiger partial charge is 0.268 e. The van der Waals surface area contributed by atoms with Crippen LogP contribution in [0.2, 0.25) is 0 Å². The minimum absolute atomic E-state index is 0.0266. The molecule has 0 unspecified atom stereocenters. The lowest BCUT2D eigenvalue weighted by atomic mass is 9.94. The molecule has 194 valence electrons. The van der Waals surface area contributed by atoms with Crippen LogP contribution in [-0.4, -0.2) is 80.6 Å². The van der Waals surface area contributed by atoms with Crippen molar-refractivity contribution in [3.8, 4) is 0 Å². The maximum absolute atomic E-state index is 12.6. The Bertz CT molecular complexity index is 1290. The normalized spacial score (nSPS) is 22.4. The van der Waals surface area contributed by atoms with Crippen LogP contribution in [-0.2, 0) is 5.54 Å². The van der Waals surface area contributed by atoms with Gasteiger partial charge in [0.25, 0.3) is 5.91 Å². The van der Waals surface area contributed by atoms with Crippen LogP contribution < -0.4 is 15.5 Å². The van der Waals surface area contributed by atoms with Crippen LogP contribution in [0.5, 0.6) is 0 Å². The first-order chi connectivity index (χ1) is 18.2. The molecule has 37 heavy (non-hydrogen) atoms. The minimum Gasteiger partial charge on any atom is -0.370 e. The summed E-state index contributed by atoms with van der Waals surface area (Å²) in [6, 6.07) is 6.81. The van der Waals surface area contributed by atoms with Gasteiger partial charge in [0, 0.05) is 61.9 Å². The highest BCUT2D eigenvalue weighted by Gasteiger charge is 2.42. The third-order valence-corrected chi connectivity index (χ3v) is 9.68. The van der Waals surface area contributed by atoms with E-state index in [2.05, 4.69) is 52.8 Å². The Morgan fingerprint density at radius 1 is 1.03 bits per heavy atom. The summed E-state index contributed by atoms with van der Waals surface area (Å²) >= 11 is 2.08. The molecular formula is C27H34N8OS. The summed E-state index contributed by atoms with van der Waals surface area (Å²) < 4.78 is 2.18. The molecule has 4 aliphatic rings. The molecule has 1 saturated carbocycles. The highest BCUT2D eigenvalue weighted by molar-refractivity contribution is 7.99. The van der Waals surface area contributed by atoms with E-state index in [1.165, 1.54) is 56.0 Å². The van der Waals surface area contributed by atoms with Gasteiger partial charge >= 0.3 is 0 Å². The standard InChI is InChI=1S/C27H34N8OS/c36-25-22-15-19-16-29-26(32-24(19)35(22)27(18-30-25)7-1-2-8-27)31-23-4-3-21(17-28-23)33-9-5-20(6-10-33)34-11-13-37-14-12-34/h3-4,15-17,20H,1-2,5-14,18H2,(H,30,36)(H,28,29,31,32). The number of nitrogens with one attached hydrogen (secondary N) is 2. The van der Waals surface area contributed by atoms with Crippen LogP contribution in [0.4, 0.5) is 17.5 Å². The van der Waals surface area contributed by atoms with Gasteiger partial charge in [-0.2, -0.15) is 16.7 Å². The van der Waals surface area contributed by atoms with Crippen molar-refractivity contribution in [2.75, 3.05) is 54.4 Å². The third-order valence-electron chi connectivity index (χ3n) is 8.74. The second kappa shape index (κ2) is 9.47. The van der Waals surface area contributed by atoms with E-state index in [9.17, 15) is 4.79 Å². The number of amides is 1. The molecule has 6 heterocycles. The first kappa shape index (κ1) is 23.3. The molecule has 9 nitrogen and oxygen atoms in total. The Kier molecular flexibility index (Phi) is 5.96. The van der Waals surface area contributed by atoms with Gasteiger partial charge in [-0.1, -0.05) is 12.8 Å². The van der Waals surface area contributed by atoms with E-state index in [0.29, 0.717) is 18.2 Å². The molecule has 2 N–H and O–H groups in total. The Morgan fingerprint density at radius 3 is 2.59 bits per heavy atom. The van der Waals surface area contributed by atoms with Crippen molar-refractivity contribution in [3.05, 3.63) is 36.3 Å². The van der Waals surface area contributed by atoms with Crippen molar-refractivity contribution in [2.24, 2.45) is 0 Å². The van der Waals surface area contributed by atoms with Gasteiger partial charge in [-0.3, -0.25) is 9.69 Å². The quantitative estimate of drug-likeness (QED) is 0.542. The lowest BCUT2D eigenvalue weighted by molar-refractivity contribution is 0.0876. The number of aromatic nitrogens is 4. The molecule has 2 saturated heterocycles. The zero-order valence-corrected chi connectivity index (χ0v) is 22.0. The van der Waals surface area contributed by atoms with E-state index in [0.717, 1.165) is 48.8 Å². The van der Waals surface area contributed by atoms with Crippen LogP contribution in [0.3, 0.4) is 0 Å². The summed E-state index contributed by atoms with van der Waals surface area (Å²) in [5.41, 5.74) is 2.62. The summed E-state index contributed by atoms with van der Waals surface area (Å²) in [7, 11) is 0. The summed E-state index contributed by atoms with van der Waals surface area (Å²) in [4.78, 5) is 31.8.